The molecule has 2 aromatic rings. The summed E-state index contributed by atoms with van der Waals surface area (Å²) in [6, 6.07) is 4.75. The number of nitrogens with one attached hydrogen (secondary N) is 2. The second kappa shape index (κ2) is 5.42. The highest BCUT2D eigenvalue weighted by Crippen LogP contribution is 2.22. The first kappa shape index (κ1) is 12.9. The lowest BCUT2D eigenvalue weighted by atomic mass is 10.2. The minimum Gasteiger partial charge on any atom is -0.307 e. The van der Waals surface area contributed by atoms with Gasteiger partial charge in [-0.15, -0.1) is 0 Å². The van der Waals surface area contributed by atoms with E-state index in [-0.39, 0.29) is 5.91 Å². The maximum absolute atomic E-state index is 12.1. The van der Waals surface area contributed by atoms with Gasteiger partial charge in [-0.2, -0.15) is 5.10 Å². The summed E-state index contributed by atoms with van der Waals surface area (Å²) >= 11 is 11.8. The van der Waals surface area contributed by atoms with Crippen LogP contribution in [0, 0.1) is 0 Å². The SMILES string of the molecule is CCc1cn[nH]c1NC(=O)c1cc(Cl)ccc1Cl. The van der Waals surface area contributed by atoms with Crippen LogP contribution in [0.2, 0.25) is 10.0 Å². The van der Waals surface area contributed by atoms with Gasteiger partial charge in [-0.25, -0.2) is 0 Å². The molecule has 1 heterocycles. The van der Waals surface area contributed by atoms with Crippen LogP contribution in [0.25, 0.3) is 0 Å². The molecule has 0 spiro atoms. The van der Waals surface area contributed by atoms with Crippen LogP contribution in [-0.4, -0.2) is 16.1 Å². The van der Waals surface area contributed by atoms with Crippen LogP contribution in [0.4, 0.5) is 5.82 Å². The topological polar surface area (TPSA) is 57.8 Å². The van der Waals surface area contributed by atoms with E-state index < -0.39 is 0 Å². The summed E-state index contributed by atoms with van der Waals surface area (Å²) in [6.07, 6.45) is 2.45. The summed E-state index contributed by atoms with van der Waals surface area (Å²) in [5.74, 6) is 0.264. The standard InChI is InChI=1S/C12H11Cl2N3O/c1-2-7-6-15-17-11(7)16-12(18)9-5-8(13)3-4-10(9)14/h3-6H,2H2,1H3,(H2,15,16,17,18). The van der Waals surface area contributed by atoms with E-state index in [1.165, 1.54) is 6.07 Å². The summed E-state index contributed by atoms with van der Waals surface area (Å²) in [7, 11) is 0. The third-order valence-corrected chi connectivity index (χ3v) is 3.08. The van der Waals surface area contributed by atoms with Gasteiger partial charge in [-0.05, 0) is 24.6 Å². The van der Waals surface area contributed by atoms with E-state index in [1.807, 2.05) is 6.92 Å². The van der Waals surface area contributed by atoms with Gasteiger partial charge in [-0.1, -0.05) is 30.1 Å². The monoisotopic (exact) mass is 283 g/mol. The molecule has 0 radical (unpaired) electrons. The molecule has 1 amide bonds. The Balaban J connectivity index is 2.25. The Labute approximate surface area is 114 Å². The quantitative estimate of drug-likeness (QED) is 0.905. The van der Waals surface area contributed by atoms with Gasteiger partial charge in [0.15, 0.2) is 0 Å². The Bertz CT molecular complexity index is 580. The number of hydrogen-bond donors (Lipinski definition) is 2. The van der Waals surface area contributed by atoms with Gasteiger partial charge in [0.25, 0.3) is 5.91 Å². The van der Waals surface area contributed by atoms with Gasteiger partial charge in [-0.3, -0.25) is 9.89 Å². The van der Waals surface area contributed by atoms with E-state index >= 15 is 0 Å². The fraction of sp³-hybridized carbons (Fsp3) is 0.167. The van der Waals surface area contributed by atoms with Crippen molar-refractivity contribution in [2.75, 3.05) is 5.32 Å². The van der Waals surface area contributed by atoms with Gasteiger partial charge in [0.1, 0.15) is 5.82 Å². The summed E-state index contributed by atoms with van der Waals surface area (Å²) < 4.78 is 0. The highest BCUT2D eigenvalue weighted by atomic mass is 35.5. The van der Waals surface area contributed by atoms with Crippen molar-refractivity contribution in [3.63, 3.8) is 0 Å². The van der Waals surface area contributed by atoms with Crippen LogP contribution >= 0.6 is 23.2 Å². The number of amides is 1. The molecule has 0 saturated carbocycles. The predicted octanol–water partition coefficient (Wildman–Crippen LogP) is 3.53. The van der Waals surface area contributed by atoms with Crippen molar-refractivity contribution in [2.45, 2.75) is 13.3 Å². The van der Waals surface area contributed by atoms with Crippen LogP contribution < -0.4 is 5.32 Å². The summed E-state index contributed by atoms with van der Waals surface area (Å²) in [5, 5.41) is 10.2. The molecule has 0 bridgehead atoms. The van der Waals surface area contributed by atoms with E-state index in [4.69, 9.17) is 23.2 Å². The molecule has 0 unspecified atom stereocenters. The molecule has 0 fully saturated rings. The van der Waals surface area contributed by atoms with Crippen LogP contribution in [-0.2, 0) is 6.42 Å². The number of nitrogens with zero attached hydrogens (tertiary/aromatic N) is 1. The van der Waals surface area contributed by atoms with Crippen molar-refractivity contribution in [1.29, 1.82) is 0 Å². The second-order valence-electron chi connectivity index (χ2n) is 3.70. The van der Waals surface area contributed by atoms with E-state index in [2.05, 4.69) is 15.5 Å². The molecule has 94 valence electrons. The summed E-state index contributed by atoms with van der Waals surface area (Å²) in [4.78, 5) is 12.1. The minimum atomic E-state index is -0.318. The normalized spacial score (nSPS) is 10.4. The largest absolute Gasteiger partial charge is 0.307 e. The van der Waals surface area contributed by atoms with Gasteiger partial charge in [0, 0.05) is 10.6 Å². The number of aromatic amines is 1. The zero-order valence-corrected chi connectivity index (χ0v) is 11.1. The number of carbonyl (C=O) groups excluding carboxylic acids is 1. The first-order valence-corrected chi connectivity index (χ1v) is 6.16. The first-order chi connectivity index (χ1) is 8.61. The van der Waals surface area contributed by atoms with Crippen molar-refractivity contribution in [3.05, 3.63) is 45.6 Å². The number of aromatic nitrogens is 2. The molecule has 1 aromatic carbocycles. The molecule has 0 aliphatic rings. The van der Waals surface area contributed by atoms with Crippen LogP contribution in [0.1, 0.15) is 22.8 Å². The first-order valence-electron chi connectivity index (χ1n) is 5.40. The molecule has 1 aromatic heterocycles. The van der Waals surface area contributed by atoms with Gasteiger partial charge < -0.3 is 5.32 Å². The molecule has 2 N–H and O–H groups in total. The molecule has 2 rings (SSSR count). The zero-order chi connectivity index (χ0) is 13.1. The average molecular weight is 284 g/mol. The fourth-order valence-electron chi connectivity index (χ4n) is 1.54. The minimum absolute atomic E-state index is 0.318. The van der Waals surface area contributed by atoms with Crippen molar-refractivity contribution in [3.8, 4) is 0 Å². The Morgan fingerprint density at radius 1 is 1.44 bits per heavy atom. The number of H-pyrrole nitrogens is 1. The average Bonchev–Trinajstić information content (AvgIpc) is 2.79. The predicted molar refractivity (Wildman–Crippen MR) is 72.4 cm³/mol. The van der Waals surface area contributed by atoms with Crippen molar-refractivity contribution >= 4 is 34.9 Å². The second-order valence-corrected chi connectivity index (χ2v) is 4.55. The van der Waals surface area contributed by atoms with Crippen molar-refractivity contribution < 1.29 is 4.79 Å². The number of anilines is 1. The smallest absolute Gasteiger partial charge is 0.258 e. The molecule has 6 heteroatoms. The van der Waals surface area contributed by atoms with E-state index in [0.29, 0.717) is 21.4 Å². The van der Waals surface area contributed by atoms with Gasteiger partial charge in [0.2, 0.25) is 0 Å². The third-order valence-electron chi connectivity index (χ3n) is 2.51. The lowest BCUT2D eigenvalue weighted by molar-refractivity contribution is 0.102. The lowest BCUT2D eigenvalue weighted by Gasteiger charge is -2.06. The summed E-state index contributed by atoms with van der Waals surface area (Å²) in [6.45, 7) is 1.98. The highest BCUT2D eigenvalue weighted by molar-refractivity contribution is 6.36. The number of hydrogen-bond acceptors (Lipinski definition) is 2. The van der Waals surface area contributed by atoms with Crippen molar-refractivity contribution in [2.24, 2.45) is 0 Å². The van der Waals surface area contributed by atoms with Crippen molar-refractivity contribution in [1.82, 2.24) is 10.2 Å². The number of rotatable bonds is 3. The Hall–Kier alpha value is -1.52. The maximum atomic E-state index is 12.1. The fourth-order valence-corrected chi connectivity index (χ4v) is 1.92. The number of benzene rings is 1. The van der Waals surface area contributed by atoms with Crippen LogP contribution in [0.15, 0.2) is 24.4 Å². The van der Waals surface area contributed by atoms with E-state index in [1.54, 1.807) is 18.3 Å². The molecular weight excluding hydrogens is 273 g/mol. The molecule has 0 atom stereocenters. The maximum Gasteiger partial charge on any atom is 0.258 e. The highest BCUT2D eigenvalue weighted by Gasteiger charge is 2.13. The number of halogens is 2. The molecular formula is C12H11Cl2N3O. The summed E-state index contributed by atoms with van der Waals surface area (Å²) in [5.41, 5.74) is 1.27. The zero-order valence-electron chi connectivity index (χ0n) is 9.63. The lowest BCUT2D eigenvalue weighted by Crippen LogP contribution is -2.13. The van der Waals surface area contributed by atoms with E-state index in [9.17, 15) is 4.79 Å². The molecule has 18 heavy (non-hydrogen) atoms. The number of carbonyl (C=O) groups is 1. The Kier molecular flexibility index (Phi) is 3.89. The number of aryl methyl sites for hydroxylation is 1. The van der Waals surface area contributed by atoms with Gasteiger partial charge in [0.05, 0.1) is 16.8 Å². The van der Waals surface area contributed by atoms with Crippen LogP contribution in [0.3, 0.4) is 0 Å². The van der Waals surface area contributed by atoms with E-state index in [0.717, 1.165) is 12.0 Å². The van der Waals surface area contributed by atoms with Crippen LogP contribution in [0.5, 0.6) is 0 Å². The Morgan fingerprint density at radius 3 is 2.94 bits per heavy atom. The Morgan fingerprint density at radius 2 is 2.22 bits per heavy atom. The third kappa shape index (κ3) is 2.66. The molecule has 0 aliphatic carbocycles. The molecule has 0 aliphatic heterocycles. The molecule has 4 nitrogen and oxygen atoms in total. The molecule has 0 saturated heterocycles. The van der Waals surface area contributed by atoms with Gasteiger partial charge >= 0.3 is 0 Å².